The first kappa shape index (κ1) is 24.3. The number of thioether (sulfide) groups is 1. The molecule has 1 aliphatic rings. The molecule has 3 amide bonds. The van der Waals surface area contributed by atoms with E-state index in [0.29, 0.717) is 27.6 Å². The van der Waals surface area contributed by atoms with Gasteiger partial charge < -0.3 is 14.8 Å². The van der Waals surface area contributed by atoms with E-state index in [1.165, 1.54) is 20.1 Å². The van der Waals surface area contributed by atoms with E-state index in [1.807, 2.05) is 0 Å². The van der Waals surface area contributed by atoms with E-state index in [9.17, 15) is 19.2 Å². The number of imide groups is 1. The molecule has 2 aromatic rings. The van der Waals surface area contributed by atoms with Crippen LogP contribution in [0.1, 0.15) is 22.8 Å². The molecule has 10 heteroatoms. The van der Waals surface area contributed by atoms with Crippen molar-refractivity contribution >= 4 is 52.3 Å². The Kier molecular flexibility index (Phi) is 8.13. The number of hydrogen-bond acceptors (Lipinski definition) is 7. The summed E-state index contributed by atoms with van der Waals surface area (Å²) < 4.78 is 10.7. The smallest absolute Gasteiger partial charge is 0.293 e. The monoisotopic (exact) mass is 488 g/mol. The summed E-state index contributed by atoms with van der Waals surface area (Å²) in [6, 6.07) is 11.7. The molecule has 1 saturated heterocycles. The third-order valence-corrected chi connectivity index (χ3v) is 5.90. The number of nitrogens with one attached hydrogen (secondary N) is 1. The Hall–Kier alpha value is -3.30. The average molecular weight is 489 g/mol. The van der Waals surface area contributed by atoms with Gasteiger partial charge in [0.25, 0.3) is 17.1 Å². The molecule has 0 bridgehead atoms. The summed E-state index contributed by atoms with van der Waals surface area (Å²) >= 11 is 6.93. The number of rotatable bonds is 9. The van der Waals surface area contributed by atoms with Crippen molar-refractivity contribution in [1.29, 1.82) is 0 Å². The van der Waals surface area contributed by atoms with Gasteiger partial charge in [-0.15, -0.1) is 0 Å². The lowest BCUT2D eigenvalue weighted by atomic mass is 10.1. The van der Waals surface area contributed by atoms with Crippen molar-refractivity contribution in [3.63, 3.8) is 0 Å². The minimum atomic E-state index is -0.439. The Morgan fingerprint density at radius 1 is 1.15 bits per heavy atom. The van der Waals surface area contributed by atoms with Crippen molar-refractivity contribution in [2.75, 3.05) is 26.8 Å². The number of hydrogen-bond donors (Lipinski definition) is 1. The van der Waals surface area contributed by atoms with Crippen LogP contribution in [0.25, 0.3) is 6.08 Å². The highest BCUT2D eigenvalue weighted by Crippen LogP contribution is 2.33. The van der Waals surface area contributed by atoms with Crippen LogP contribution >= 0.6 is 23.4 Å². The molecule has 0 aliphatic carbocycles. The quantitative estimate of drug-likeness (QED) is 0.423. The molecule has 0 saturated carbocycles. The van der Waals surface area contributed by atoms with Crippen molar-refractivity contribution < 1.29 is 28.7 Å². The fourth-order valence-electron chi connectivity index (χ4n) is 2.93. The summed E-state index contributed by atoms with van der Waals surface area (Å²) in [5, 5.41) is 2.67. The van der Waals surface area contributed by atoms with E-state index in [-0.39, 0.29) is 30.4 Å². The van der Waals surface area contributed by atoms with Crippen LogP contribution in [0, 0.1) is 0 Å². The molecular formula is C23H21ClN2O6S. The van der Waals surface area contributed by atoms with Gasteiger partial charge in [0, 0.05) is 23.7 Å². The number of halogens is 1. The summed E-state index contributed by atoms with van der Waals surface area (Å²) in [5.41, 5.74) is 1.10. The second-order valence-corrected chi connectivity index (χ2v) is 8.32. The largest absolute Gasteiger partial charge is 0.493 e. The first-order valence-corrected chi connectivity index (χ1v) is 11.1. The molecule has 172 valence electrons. The zero-order valence-corrected chi connectivity index (χ0v) is 19.5. The maximum atomic E-state index is 12.6. The van der Waals surface area contributed by atoms with Crippen molar-refractivity contribution in [3.05, 3.63) is 63.5 Å². The van der Waals surface area contributed by atoms with Gasteiger partial charge in [0.15, 0.2) is 23.9 Å². The van der Waals surface area contributed by atoms with E-state index in [2.05, 4.69) is 5.32 Å². The highest BCUT2D eigenvalue weighted by atomic mass is 35.5. The zero-order valence-electron chi connectivity index (χ0n) is 17.9. The Labute approximate surface area is 199 Å². The Bertz CT molecular complexity index is 1130. The molecule has 1 heterocycles. The zero-order chi connectivity index (χ0) is 24.0. The second kappa shape index (κ2) is 11.0. The number of methoxy groups -OCH3 is 1. The number of amides is 3. The summed E-state index contributed by atoms with van der Waals surface area (Å²) in [4.78, 5) is 49.7. The van der Waals surface area contributed by atoms with Gasteiger partial charge in [0.05, 0.1) is 12.0 Å². The van der Waals surface area contributed by atoms with Gasteiger partial charge >= 0.3 is 0 Å². The molecule has 1 aliphatic heterocycles. The fourth-order valence-corrected chi connectivity index (χ4v) is 3.98. The fraction of sp³-hybridized carbons (Fsp3) is 0.217. The minimum absolute atomic E-state index is 0.0207. The predicted octanol–water partition coefficient (Wildman–Crippen LogP) is 3.78. The van der Waals surface area contributed by atoms with Gasteiger partial charge in [-0.05, 0) is 54.6 Å². The number of carbonyl (C=O) groups excluding carboxylic acids is 4. The molecule has 0 unspecified atom stereocenters. The molecule has 0 radical (unpaired) electrons. The van der Waals surface area contributed by atoms with Gasteiger partial charge in [0.1, 0.15) is 0 Å². The predicted molar refractivity (Wildman–Crippen MR) is 126 cm³/mol. The number of benzene rings is 2. The lowest BCUT2D eigenvalue weighted by Crippen LogP contribution is -2.38. The van der Waals surface area contributed by atoms with Crippen LogP contribution in [0.15, 0.2) is 47.4 Å². The van der Waals surface area contributed by atoms with Crippen molar-refractivity contribution in [2.24, 2.45) is 0 Å². The van der Waals surface area contributed by atoms with Crippen LogP contribution < -0.4 is 14.8 Å². The molecule has 3 rings (SSSR count). The van der Waals surface area contributed by atoms with E-state index in [1.54, 1.807) is 42.5 Å². The van der Waals surface area contributed by atoms with E-state index in [0.717, 1.165) is 16.7 Å². The first-order valence-electron chi connectivity index (χ1n) is 9.88. The normalized spacial score (nSPS) is 14.5. The van der Waals surface area contributed by atoms with Crippen LogP contribution in [0.2, 0.25) is 5.02 Å². The summed E-state index contributed by atoms with van der Waals surface area (Å²) in [6.45, 7) is 1.23. The maximum absolute atomic E-state index is 12.6. The van der Waals surface area contributed by atoms with Crippen LogP contribution in [0.3, 0.4) is 0 Å². The standard InChI is InChI=1S/C23H21ClN2O6S/c1-14(27)15-7-8-18(19(11-15)31-2)32-13-21(28)25-9-10-26-22(29)20(33-23(26)30)12-16-5-3-4-6-17(16)24/h3-8,11-12H,9-10,13H2,1-2H3,(H,25,28)/b20-12-. The molecule has 1 N–H and O–H groups in total. The van der Waals surface area contributed by atoms with E-state index < -0.39 is 17.1 Å². The van der Waals surface area contributed by atoms with E-state index in [4.69, 9.17) is 21.1 Å². The Morgan fingerprint density at radius 2 is 1.91 bits per heavy atom. The Balaban J connectivity index is 1.51. The van der Waals surface area contributed by atoms with Gasteiger partial charge in [-0.25, -0.2) is 0 Å². The van der Waals surface area contributed by atoms with Crippen molar-refractivity contribution in [2.45, 2.75) is 6.92 Å². The second-order valence-electron chi connectivity index (χ2n) is 6.92. The van der Waals surface area contributed by atoms with Crippen LogP contribution in [-0.4, -0.2) is 54.5 Å². The number of carbonyl (C=O) groups is 4. The van der Waals surface area contributed by atoms with Crippen LogP contribution in [-0.2, 0) is 9.59 Å². The summed E-state index contributed by atoms with van der Waals surface area (Å²) in [7, 11) is 1.43. The third kappa shape index (κ3) is 6.15. The summed E-state index contributed by atoms with van der Waals surface area (Å²) in [5.74, 6) is -0.351. The maximum Gasteiger partial charge on any atom is 0.293 e. The van der Waals surface area contributed by atoms with Gasteiger partial charge in [-0.3, -0.25) is 24.1 Å². The highest BCUT2D eigenvalue weighted by Gasteiger charge is 2.34. The molecule has 33 heavy (non-hydrogen) atoms. The lowest BCUT2D eigenvalue weighted by Gasteiger charge is -2.14. The van der Waals surface area contributed by atoms with Crippen molar-refractivity contribution in [3.8, 4) is 11.5 Å². The first-order chi connectivity index (χ1) is 15.8. The van der Waals surface area contributed by atoms with Crippen LogP contribution in [0.5, 0.6) is 11.5 Å². The van der Waals surface area contributed by atoms with Gasteiger partial charge in [0.2, 0.25) is 0 Å². The number of nitrogens with zero attached hydrogens (tertiary/aromatic N) is 1. The van der Waals surface area contributed by atoms with Crippen molar-refractivity contribution in [1.82, 2.24) is 10.2 Å². The molecule has 8 nitrogen and oxygen atoms in total. The number of Topliss-reactive ketones (excluding diaryl/α,β-unsaturated/α-hetero) is 1. The highest BCUT2D eigenvalue weighted by molar-refractivity contribution is 8.18. The molecule has 1 fully saturated rings. The molecule has 0 aromatic heterocycles. The van der Waals surface area contributed by atoms with Gasteiger partial charge in [-0.1, -0.05) is 29.8 Å². The third-order valence-electron chi connectivity index (χ3n) is 4.65. The average Bonchev–Trinajstić information content (AvgIpc) is 3.06. The summed E-state index contributed by atoms with van der Waals surface area (Å²) in [6.07, 6.45) is 1.57. The molecular weight excluding hydrogens is 468 g/mol. The molecule has 0 spiro atoms. The van der Waals surface area contributed by atoms with Gasteiger partial charge in [-0.2, -0.15) is 0 Å². The Morgan fingerprint density at radius 3 is 2.61 bits per heavy atom. The lowest BCUT2D eigenvalue weighted by molar-refractivity contribution is -0.125. The topological polar surface area (TPSA) is 102 Å². The SMILES string of the molecule is COc1cc(C(C)=O)ccc1OCC(=O)NCCN1C(=O)S/C(=C\c2ccccc2Cl)C1=O. The molecule has 0 atom stereocenters. The van der Waals surface area contributed by atoms with E-state index >= 15 is 0 Å². The minimum Gasteiger partial charge on any atom is -0.493 e. The van der Waals surface area contributed by atoms with Crippen LogP contribution in [0.4, 0.5) is 4.79 Å². The number of ether oxygens (including phenoxy) is 2. The number of ketones is 1. The molecule has 2 aromatic carbocycles.